The number of carbonyl (C=O) groups excluding carboxylic acids is 2. The number of carbonyl (C=O) groups is 2. The number of aromatic amines is 1. The van der Waals surface area contributed by atoms with Crippen molar-refractivity contribution < 1.29 is 19.4 Å². The van der Waals surface area contributed by atoms with E-state index in [1.165, 1.54) is 4.90 Å². The van der Waals surface area contributed by atoms with Gasteiger partial charge < -0.3 is 20.6 Å². The lowest BCUT2D eigenvalue weighted by Crippen LogP contribution is -2.27. The van der Waals surface area contributed by atoms with E-state index in [9.17, 15) is 9.59 Å². The number of halogens is 1. The smallest absolute Gasteiger partial charge is 0.260 e. The van der Waals surface area contributed by atoms with Gasteiger partial charge in [0.1, 0.15) is 10.9 Å². The van der Waals surface area contributed by atoms with Gasteiger partial charge in [-0.2, -0.15) is 4.98 Å². The van der Waals surface area contributed by atoms with E-state index in [2.05, 4.69) is 19.9 Å². The predicted octanol–water partition coefficient (Wildman–Crippen LogP) is 3.10. The lowest BCUT2D eigenvalue weighted by atomic mass is 10.1. The molecule has 0 atom stereocenters. The van der Waals surface area contributed by atoms with Crippen LogP contribution in [-0.4, -0.2) is 50.4 Å². The molecule has 10 nitrogen and oxygen atoms in total. The van der Waals surface area contributed by atoms with Crippen LogP contribution in [0.25, 0.3) is 11.6 Å². The van der Waals surface area contributed by atoms with E-state index in [0.29, 0.717) is 34.8 Å². The Morgan fingerprint density at radius 3 is 2.80 bits per heavy atom. The summed E-state index contributed by atoms with van der Waals surface area (Å²) < 4.78 is 5.49. The van der Waals surface area contributed by atoms with Gasteiger partial charge in [-0.1, -0.05) is 11.6 Å². The van der Waals surface area contributed by atoms with E-state index < -0.39 is 0 Å². The maximum atomic E-state index is 13.6. The second-order valence-corrected chi connectivity index (χ2v) is 8.50. The third kappa shape index (κ3) is 4.62. The average Bonchev–Trinajstić information content (AvgIpc) is 3.38. The van der Waals surface area contributed by atoms with Gasteiger partial charge in [-0.15, -0.1) is 0 Å². The molecule has 1 aliphatic heterocycles. The van der Waals surface area contributed by atoms with Crippen molar-refractivity contribution in [2.45, 2.75) is 33.2 Å². The molecule has 0 aliphatic carbocycles. The monoisotopic (exact) mass is 496 g/mol. The molecule has 0 radical (unpaired) electrons. The van der Waals surface area contributed by atoms with Crippen molar-refractivity contribution in [1.29, 1.82) is 0 Å². The van der Waals surface area contributed by atoms with E-state index in [4.69, 9.17) is 27.2 Å². The number of anilines is 2. The summed E-state index contributed by atoms with van der Waals surface area (Å²) in [6.07, 6.45) is 3.88. The van der Waals surface area contributed by atoms with E-state index in [1.807, 2.05) is 13.8 Å². The molecule has 0 saturated carbocycles. The van der Waals surface area contributed by atoms with Crippen molar-refractivity contribution in [2.75, 3.05) is 24.4 Å². The molecule has 3 aromatic rings. The van der Waals surface area contributed by atoms with Crippen molar-refractivity contribution in [3.05, 3.63) is 57.3 Å². The van der Waals surface area contributed by atoms with Gasteiger partial charge in [0, 0.05) is 36.0 Å². The zero-order valence-electron chi connectivity index (χ0n) is 19.6. The molecule has 4 heterocycles. The Morgan fingerprint density at radius 2 is 2.09 bits per heavy atom. The van der Waals surface area contributed by atoms with E-state index >= 15 is 0 Å². The Bertz CT molecular complexity index is 1350. The van der Waals surface area contributed by atoms with Gasteiger partial charge in [0.05, 0.1) is 36.2 Å². The number of methoxy groups -OCH3 is 1. The minimum atomic E-state index is -0.356. The van der Waals surface area contributed by atoms with E-state index in [0.717, 1.165) is 11.1 Å². The number of nitrogens with one attached hydrogen (secondary N) is 1. The summed E-state index contributed by atoms with van der Waals surface area (Å²) in [5.41, 5.74) is 9.71. The standard InChI is InChI=1S/C24H25ClN6O4/c1-12-10-27-17(13(2)20(12)35-3)11-31-22-19(21(25)29-24(26)30-22)15(23(31)34)9-14-6-7-16(28-14)18(33)5-4-8-32/h6-7,9-10,28,32H,4-5,8,11H2,1-3H3,(H2,26,29,30)/b15-9-. The number of aliphatic hydroxyl groups excluding tert-OH is 1. The van der Waals surface area contributed by atoms with Crippen LogP contribution in [-0.2, 0) is 11.3 Å². The fourth-order valence-corrected chi connectivity index (χ4v) is 4.34. The zero-order chi connectivity index (χ0) is 25.3. The highest BCUT2D eigenvalue weighted by molar-refractivity contribution is 6.41. The maximum absolute atomic E-state index is 13.6. The van der Waals surface area contributed by atoms with Crippen molar-refractivity contribution in [1.82, 2.24) is 19.9 Å². The molecule has 11 heteroatoms. The minimum Gasteiger partial charge on any atom is -0.496 e. The number of nitrogen functional groups attached to an aromatic ring is 1. The summed E-state index contributed by atoms with van der Waals surface area (Å²) in [4.78, 5) is 43.1. The number of H-pyrrole nitrogens is 1. The summed E-state index contributed by atoms with van der Waals surface area (Å²) >= 11 is 6.41. The van der Waals surface area contributed by atoms with Crippen LogP contribution in [0.1, 0.15) is 51.4 Å². The number of ether oxygens (including phenoxy) is 1. The third-order valence-corrected chi connectivity index (χ3v) is 6.07. The highest BCUT2D eigenvalue weighted by atomic mass is 35.5. The van der Waals surface area contributed by atoms with Crippen LogP contribution >= 0.6 is 11.6 Å². The molecular formula is C24H25ClN6O4. The summed E-state index contributed by atoms with van der Waals surface area (Å²) in [5, 5.41) is 9.00. The SMILES string of the molecule is COc1c(C)cnc(CN2C(=O)/C(=C\c3ccc(C(=O)CCCO)[nH]3)c3c(Cl)nc(N)nc32)c1C. The molecule has 0 fully saturated rings. The number of nitrogens with two attached hydrogens (primary N) is 1. The second-order valence-electron chi connectivity index (χ2n) is 8.14. The second kappa shape index (κ2) is 9.85. The molecular weight excluding hydrogens is 472 g/mol. The number of aryl methyl sites for hydroxylation is 1. The molecule has 3 aromatic heterocycles. The normalized spacial score (nSPS) is 14.0. The summed E-state index contributed by atoms with van der Waals surface area (Å²) in [6.45, 7) is 3.83. The molecule has 0 unspecified atom stereocenters. The van der Waals surface area contributed by atoms with Crippen molar-refractivity contribution in [3.63, 3.8) is 0 Å². The first-order valence-corrected chi connectivity index (χ1v) is 11.3. The lowest BCUT2D eigenvalue weighted by molar-refractivity contribution is -0.113. The van der Waals surface area contributed by atoms with Gasteiger partial charge in [-0.25, -0.2) is 4.98 Å². The van der Waals surface area contributed by atoms with Crippen LogP contribution in [0.3, 0.4) is 0 Å². The number of hydrogen-bond donors (Lipinski definition) is 3. The molecule has 4 N–H and O–H groups in total. The summed E-state index contributed by atoms with van der Waals surface area (Å²) in [7, 11) is 1.59. The number of rotatable bonds is 8. The first-order valence-electron chi connectivity index (χ1n) is 10.9. The summed E-state index contributed by atoms with van der Waals surface area (Å²) in [6, 6.07) is 3.33. The Labute approximate surface area is 206 Å². The van der Waals surface area contributed by atoms with Gasteiger partial charge in [-0.3, -0.25) is 19.5 Å². The largest absolute Gasteiger partial charge is 0.496 e. The number of aromatic nitrogens is 4. The molecule has 4 rings (SSSR count). The van der Waals surface area contributed by atoms with Crippen LogP contribution < -0.4 is 15.4 Å². The Morgan fingerprint density at radius 1 is 1.31 bits per heavy atom. The number of Topliss-reactive ketones (excluding diaryl/α,β-unsaturated/α-hetero) is 1. The molecule has 0 spiro atoms. The van der Waals surface area contributed by atoms with Gasteiger partial charge in [-0.05, 0) is 38.5 Å². The molecule has 0 bridgehead atoms. The van der Waals surface area contributed by atoms with Gasteiger partial charge in [0.25, 0.3) is 5.91 Å². The number of ketones is 1. The van der Waals surface area contributed by atoms with E-state index in [-0.39, 0.29) is 53.8 Å². The van der Waals surface area contributed by atoms with Gasteiger partial charge in [0.15, 0.2) is 11.6 Å². The fraction of sp³-hybridized carbons (Fsp3) is 0.292. The number of fused-ring (bicyclic) bond motifs is 1. The minimum absolute atomic E-state index is 0.0477. The van der Waals surface area contributed by atoms with Crippen molar-refractivity contribution >= 4 is 46.7 Å². The van der Waals surface area contributed by atoms with Crippen LogP contribution in [0.2, 0.25) is 5.15 Å². The molecule has 1 aliphatic rings. The van der Waals surface area contributed by atoms with Gasteiger partial charge >= 0.3 is 0 Å². The zero-order valence-corrected chi connectivity index (χ0v) is 20.3. The Kier molecular flexibility index (Phi) is 6.86. The molecule has 0 saturated heterocycles. The fourth-order valence-electron chi connectivity index (χ4n) is 4.06. The highest BCUT2D eigenvalue weighted by Gasteiger charge is 2.37. The van der Waals surface area contributed by atoms with E-state index in [1.54, 1.807) is 31.5 Å². The van der Waals surface area contributed by atoms with Gasteiger partial charge in [0.2, 0.25) is 5.95 Å². The topological polar surface area (TPSA) is 147 Å². The van der Waals surface area contributed by atoms with Crippen LogP contribution in [0.15, 0.2) is 18.3 Å². The van der Waals surface area contributed by atoms with Crippen molar-refractivity contribution in [2.24, 2.45) is 0 Å². The molecule has 1 amide bonds. The van der Waals surface area contributed by atoms with Crippen LogP contribution in [0, 0.1) is 13.8 Å². The number of nitrogens with zero attached hydrogens (tertiary/aromatic N) is 4. The number of pyridine rings is 1. The lowest BCUT2D eigenvalue weighted by Gasteiger charge is -2.19. The van der Waals surface area contributed by atoms with Crippen LogP contribution in [0.5, 0.6) is 5.75 Å². The molecule has 35 heavy (non-hydrogen) atoms. The Balaban J connectivity index is 1.74. The number of amides is 1. The number of aliphatic hydroxyl groups is 1. The first kappa shape index (κ1) is 24.4. The third-order valence-electron chi connectivity index (χ3n) is 5.79. The van der Waals surface area contributed by atoms with Crippen molar-refractivity contribution in [3.8, 4) is 5.75 Å². The number of hydrogen-bond acceptors (Lipinski definition) is 8. The first-order chi connectivity index (χ1) is 16.7. The Hall–Kier alpha value is -3.76. The molecule has 182 valence electrons. The predicted molar refractivity (Wildman–Crippen MR) is 132 cm³/mol. The highest BCUT2D eigenvalue weighted by Crippen LogP contribution is 2.41. The average molecular weight is 497 g/mol. The summed E-state index contributed by atoms with van der Waals surface area (Å²) in [5.74, 6) is 0.432. The maximum Gasteiger partial charge on any atom is 0.260 e. The quantitative estimate of drug-likeness (QED) is 0.245. The van der Waals surface area contributed by atoms with Crippen LogP contribution in [0.4, 0.5) is 11.8 Å². The molecule has 0 aromatic carbocycles.